The van der Waals surface area contributed by atoms with E-state index in [0.29, 0.717) is 30.4 Å². The van der Waals surface area contributed by atoms with Gasteiger partial charge in [0.1, 0.15) is 12.3 Å². The van der Waals surface area contributed by atoms with Gasteiger partial charge in [-0.05, 0) is 32.6 Å². The van der Waals surface area contributed by atoms with Gasteiger partial charge in [0, 0.05) is 31.5 Å². The van der Waals surface area contributed by atoms with Crippen LogP contribution in [0.3, 0.4) is 0 Å². The summed E-state index contributed by atoms with van der Waals surface area (Å²) in [4.78, 5) is 24.1. The first-order valence-electron chi connectivity index (χ1n) is 12.4. The van der Waals surface area contributed by atoms with Crippen LogP contribution in [-0.2, 0) is 22.6 Å². The van der Waals surface area contributed by atoms with Crippen LogP contribution in [0.4, 0.5) is 0 Å². The average molecular weight is 435 g/mol. The zero-order valence-corrected chi connectivity index (χ0v) is 19.4. The monoisotopic (exact) mass is 434 g/mol. The SMILES string of the molecule is C[C@@H](O)Cc1cn(CC(=O)NCCCCCCCCCCC(=O)C2CCCCC2)nn1. The molecule has 2 N–H and O–H groups in total. The third-order valence-corrected chi connectivity index (χ3v) is 6.13. The first-order chi connectivity index (χ1) is 15.0. The minimum absolute atomic E-state index is 0.0590. The number of carbonyl (C=O) groups is 2. The van der Waals surface area contributed by atoms with Gasteiger partial charge in [-0.2, -0.15) is 0 Å². The molecule has 1 aromatic heterocycles. The Kier molecular flexibility index (Phi) is 12.4. The van der Waals surface area contributed by atoms with Crippen molar-refractivity contribution in [2.45, 2.75) is 116 Å². The molecule has 0 spiro atoms. The predicted molar refractivity (Wildman–Crippen MR) is 122 cm³/mol. The van der Waals surface area contributed by atoms with E-state index in [9.17, 15) is 14.7 Å². The summed E-state index contributed by atoms with van der Waals surface area (Å²) in [7, 11) is 0. The maximum atomic E-state index is 12.2. The quantitative estimate of drug-likeness (QED) is 0.384. The van der Waals surface area contributed by atoms with E-state index < -0.39 is 6.10 Å². The number of ketones is 1. The first kappa shape index (κ1) is 25.5. The molecule has 0 aromatic carbocycles. The number of rotatable bonds is 16. The molecule has 1 heterocycles. The summed E-state index contributed by atoms with van der Waals surface area (Å²) in [6.45, 7) is 2.56. The number of hydrogen-bond acceptors (Lipinski definition) is 5. The van der Waals surface area contributed by atoms with Gasteiger partial charge in [-0.25, -0.2) is 4.68 Å². The molecule has 1 fully saturated rings. The van der Waals surface area contributed by atoms with Crippen molar-refractivity contribution in [3.05, 3.63) is 11.9 Å². The number of carbonyl (C=O) groups excluding carboxylic acids is 2. The smallest absolute Gasteiger partial charge is 0.241 e. The maximum Gasteiger partial charge on any atom is 0.241 e. The van der Waals surface area contributed by atoms with E-state index in [1.54, 1.807) is 13.1 Å². The lowest BCUT2D eigenvalue weighted by Crippen LogP contribution is -2.28. The molecule has 0 saturated heterocycles. The summed E-state index contributed by atoms with van der Waals surface area (Å²) in [5.41, 5.74) is 0.693. The largest absolute Gasteiger partial charge is 0.393 e. The van der Waals surface area contributed by atoms with Gasteiger partial charge in [-0.15, -0.1) is 5.10 Å². The molecule has 0 radical (unpaired) electrons. The third kappa shape index (κ3) is 11.4. The number of nitrogens with zero attached hydrogens (tertiary/aromatic N) is 3. The molecule has 176 valence electrons. The van der Waals surface area contributed by atoms with E-state index in [0.717, 1.165) is 38.5 Å². The fourth-order valence-corrected chi connectivity index (χ4v) is 4.36. The van der Waals surface area contributed by atoms with E-state index in [-0.39, 0.29) is 12.5 Å². The van der Waals surface area contributed by atoms with Crippen LogP contribution < -0.4 is 5.32 Å². The van der Waals surface area contributed by atoms with E-state index in [2.05, 4.69) is 15.6 Å². The van der Waals surface area contributed by atoms with Crippen molar-refractivity contribution in [3.8, 4) is 0 Å². The van der Waals surface area contributed by atoms with Crippen LogP contribution >= 0.6 is 0 Å². The lowest BCUT2D eigenvalue weighted by molar-refractivity contribution is -0.124. The van der Waals surface area contributed by atoms with E-state index >= 15 is 0 Å². The third-order valence-electron chi connectivity index (χ3n) is 6.13. The minimum Gasteiger partial charge on any atom is -0.393 e. The number of aromatic nitrogens is 3. The Morgan fingerprint density at radius 2 is 1.71 bits per heavy atom. The Morgan fingerprint density at radius 3 is 2.39 bits per heavy atom. The van der Waals surface area contributed by atoms with E-state index in [4.69, 9.17) is 0 Å². The molecular weight excluding hydrogens is 392 g/mol. The Morgan fingerprint density at radius 1 is 1.06 bits per heavy atom. The molecule has 7 heteroatoms. The first-order valence-corrected chi connectivity index (χ1v) is 12.4. The molecule has 1 saturated carbocycles. The second kappa shape index (κ2) is 15.1. The maximum absolute atomic E-state index is 12.2. The molecular formula is C24H42N4O3. The molecule has 0 unspecified atom stereocenters. The number of amides is 1. The van der Waals surface area contributed by atoms with Crippen LogP contribution in [0.5, 0.6) is 0 Å². The molecule has 2 rings (SSSR count). The summed E-state index contributed by atoms with van der Waals surface area (Å²) < 4.78 is 1.51. The topological polar surface area (TPSA) is 97.1 Å². The lowest BCUT2D eigenvalue weighted by Gasteiger charge is -2.20. The zero-order chi connectivity index (χ0) is 22.3. The normalized spacial score (nSPS) is 15.7. The van der Waals surface area contributed by atoms with Crippen LogP contribution in [0.15, 0.2) is 6.20 Å². The van der Waals surface area contributed by atoms with Crippen LogP contribution in [0.25, 0.3) is 0 Å². The highest BCUT2D eigenvalue weighted by Gasteiger charge is 2.20. The van der Waals surface area contributed by atoms with Crippen LogP contribution in [0, 0.1) is 5.92 Å². The minimum atomic E-state index is -0.464. The zero-order valence-electron chi connectivity index (χ0n) is 19.4. The molecule has 0 aliphatic heterocycles. The molecule has 1 aliphatic rings. The van der Waals surface area contributed by atoms with Crippen molar-refractivity contribution in [2.75, 3.05) is 6.54 Å². The van der Waals surface area contributed by atoms with Crippen molar-refractivity contribution < 1.29 is 14.7 Å². The number of Topliss-reactive ketones (excluding diaryl/α,β-unsaturated/α-hetero) is 1. The molecule has 1 amide bonds. The Bertz CT molecular complexity index is 639. The van der Waals surface area contributed by atoms with Gasteiger partial charge in [0.15, 0.2) is 0 Å². The Labute approximate surface area is 187 Å². The molecule has 1 aromatic rings. The highest BCUT2D eigenvalue weighted by Crippen LogP contribution is 2.26. The van der Waals surface area contributed by atoms with Crippen molar-refractivity contribution in [1.82, 2.24) is 20.3 Å². The van der Waals surface area contributed by atoms with Gasteiger partial charge >= 0.3 is 0 Å². The highest BCUT2D eigenvalue weighted by atomic mass is 16.3. The summed E-state index contributed by atoms with van der Waals surface area (Å²) in [5.74, 6) is 0.833. The van der Waals surface area contributed by atoms with Gasteiger partial charge in [-0.1, -0.05) is 63.0 Å². The number of aliphatic hydroxyl groups is 1. The number of nitrogens with one attached hydrogen (secondary N) is 1. The number of aliphatic hydroxyl groups excluding tert-OH is 1. The molecule has 1 atom stereocenters. The average Bonchev–Trinajstić information content (AvgIpc) is 3.18. The number of hydrogen-bond donors (Lipinski definition) is 2. The molecule has 0 bridgehead atoms. The van der Waals surface area contributed by atoms with Crippen LogP contribution in [-0.4, -0.2) is 44.4 Å². The lowest BCUT2D eigenvalue weighted by atomic mass is 9.84. The summed E-state index contributed by atoms with van der Waals surface area (Å²) in [6, 6.07) is 0. The standard InChI is InChI=1S/C24H42N4O3/c1-20(29)17-22-18-28(27-26-22)19-24(31)25-16-12-7-5-3-2-4-6-11-15-23(30)21-13-9-8-10-14-21/h18,20-21,29H,2-17,19H2,1H3,(H,25,31)/t20-/m1/s1. The van der Waals surface area contributed by atoms with Gasteiger partial charge in [0.05, 0.1) is 11.8 Å². The van der Waals surface area contributed by atoms with Crippen molar-refractivity contribution in [2.24, 2.45) is 5.92 Å². The molecule has 7 nitrogen and oxygen atoms in total. The Balaban J connectivity index is 1.37. The van der Waals surface area contributed by atoms with Gasteiger partial charge in [-0.3, -0.25) is 9.59 Å². The van der Waals surface area contributed by atoms with Crippen molar-refractivity contribution in [3.63, 3.8) is 0 Å². The molecule has 31 heavy (non-hydrogen) atoms. The van der Waals surface area contributed by atoms with Gasteiger partial charge in [0.2, 0.25) is 5.91 Å². The van der Waals surface area contributed by atoms with Crippen molar-refractivity contribution in [1.29, 1.82) is 0 Å². The van der Waals surface area contributed by atoms with Crippen LogP contribution in [0.1, 0.15) is 103 Å². The second-order valence-corrected chi connectivity index (χ2v) is 9.19. The van der Waals surface area contributed by atoms with Gasteiger partial charge in [0.25, 0.3) is 0 Å². The summed E-state index contributed by atoms with van der Waals surface area (Å²) in [6.07, 6.45) is 17.8. The highest BCUT2D eigenvalue weighted by molar-refractivity contribution is 5.81. The fourth-order valence-electron chi connectivity index (χ4n) is 4.36. The van der Waals surface area contributed by atoms with Crippen LogP contribution in [0.2, 0.25) is 0 Å². The van der Waals surface area contributed by atoms with Gasteiger partial charge < -0.3 is 10.4 Å². The van der Waals surface area contributed by atoms with Crippen molar-refractivity contribution >= 4 is 11.7 Å². The summed E-state index contributed by atoms with van der Waals surface area (Å²) in [5, 5.41) is 20.2. The van der Waals surface area contributed by atoms with E-state index in [1.807, 2.05) is 0 Å². The summed E-state index contributed by atoms with van der Waals surface area (Å²) >= 11 is 0. The second-order valence-electron chi connectivity index (χ2n) is 9.19. The fraction of sp³-hybridized carbons (Fsp3) is 0.833. The number of unbranched alkanes of at least 4 members (excludes halogenated alkanes) is 7. The Hall–Kier alpha value is -1.76. The predicted octanol–water partition coefficient (Wildman–Crippen LogP) is 3.98. The molecule has 1 aliphatic carbocycles. The van der Waals surface area contributed by atoms with E-state index in [1.165, 1.54) is 56.0 Å².